The molecule has 0 fully saturated rings. The predicted octanol–water partition coefficient (Wildman–Crippen LogP) is 3.25. The number of hydrogen-bond acceptors (Lipinski definition) is 6. The Balaban J connectivity index is 1.40. The second-order valence-corrected chi connectivity index (χ2v) is 6.67. The van der Waals surface area contributed by atoms with E-state index >= 15 is 0 Å². The van der Waals surface area contributed by atoms with Crippen molar-refractivity contribution in [1.29, 1.82) is 0 Å². The minimum Gasteiger partial charge on any atom is -0.302 e. The summed E-state index contributed by atoms with van der Waals surface area (Å²) in [4.78, 5) is 16.5. The first-order chi connectivity index (χ1) is 13.6. The molecule has 0 aliphatic heterocycles. The van der Waals surface area contributed by atoms with E-state index in [2.05, 4.69) is 25.8 Å². The van der Waals surface area contributed by atoms with E-state index in [1.807, 2.05) is 24.3 Å². The molecule has 2 aromatic carbocycles. The fourth-order valence-electron chi connectivity index (χ4n) is 2.51. The third-order valence-corrected chi connectivity index (χ3v) is 4.64. The Labute approximate surface area is 161 Å². The highest BCUT2D eigenvalue weighted by Crippen LogP contribution is 2.26. The number of halogens is 2. The minimum atomic E-state index is -0.943. The van der Waals surface area contributed by atoms with Crippen LogP contribution >= 0.6 is 11.3 Å². The molecule has 0 spiro atoms. The molecule has 1 amide bonds. The molecule has 0 bridgehead atoms. The highest BCUT2D eigenvalue weighted by Gasteiger charge is 2.11. The molecule has 7 nitrogen and oxygen atoms in total. The maximum Gasteiger partial charge on any atom is 0.230 e. The number of amides is 1. The van der Waals surface area contributed by atoms with Crippen LogP contribution in [0.25, 0.3) is 16.9 Å². The molecule has 2 aromatic heterocycles. The van der Waals surface area contributed by atoms with E-state index in [4.69, 9.17) is 0 Å². The molecule has 4 aromatic rings. The molecular weight excluding hydrogens is 386 g/mol. The number of anilines is 1. The molecular formula is C18H12F2N6OS. The van der Waals surface area contributed by atoms with Crippen LogP contribution in [0, 0.1) is 11.6 Å². The van der Waals surface area contributed by atoms with Crippen molar-refractivity contribution in [2.45, 2.75) is 6.42 Å². The van der Waals surface area contributed by atoms with Crippen LogP contribution in [0.1, 0.15) is 5.56 Å². The molecule has 2 heterocycles. The van der Waals surface area contributed by atoms with E-state index in [0.29, 0.717) is 16.4 Å². The van der Waals surface area contributed by atoms with Crippen LogP contribution in [0.5, 0.6) is 0 Å². The summed E-state index contributed by atoms with van der Waals surface area (Å²) < 4.78 is 27.9. The summed E-state index contributed by atoms with van der Waals surface area (Å²) in [5.74, 6) is -2.10. The zero-order valence-electron chi connectivity index (χ0n) is 14.2. The van der Waals surface area contributed by atoms with Gasteiger partial charge in [0.25, 0.3) is 0 Å². The van der Waals surface area contributed by atoms with E-state index in [1.165, 1.54) is 28.4 Å². The Hall–Kier alpha value is -3.53. The maximum atomic E-state index is 13.4. The van der Waals surface area contributed by atoms with Gasteiger partial charge in [0.15, 0.2) is 16.8 Å². The van der Waals surface area contributed by atoms with Crippen LogP contribution in [-0.2, 0) is 11.2 Å². The standard InChI is InChI=1S/C18H12F2N6OS/c19-14-6-3-12(8-15(14)20)16-9-28-18(22-16)23-17(27)7-11-1-4-13(5-2-11)26-10-21-24-25-26/h1-6,8-10H,7H2,(H,22,23,27). The summed E-state index contributed by atoms with van der Waals surface area (Å²) in [7, 11) is 0. The van der Waals surface area contributed by atoms with Gasteiger partial charge in [0.1, 0.15) is 6.33 Å². The second kappa shape index (κ2) is 7.61. The average molecular weight is 398 g/mol. The lowest BCUT2D eigenvalue weighted by Gasteiger charge is -2.04. The first-order valence-corrected chi connectivity index (χ1v) is 8.99. The molecule has 28 heavy (non-hydrogen) atoms. The lowest BCUT2D eigenvalue weighted by atomic mass is 10.1. The van der Waals surface area contributed by atoms with Crippen molar-refractivity contribution in [1.82, 2.24) is 25.2 Å². The van der Waals surface area contributed by atoms with Crippen LogP contribution in [0.2, 0.25) is 0 Å². The molecule has 0 saturated heterocycles. The number of nitrogens with zero attached hydrogens (tertiary/aromatic N) is 5. The quantitative estimate of drug-likeness (QED) is 0.558. The van der Waals surface area contributed by atoms with Gasteiger partial charge in [0.05, 0.1) is 17.8 Å². The van der Waals surface area contributed by atoms with Gasteiger partial charge in [-0.15, -0.1) is 16.4 Å². The SMILES string of the molecule is O=C(Cc1ccc(-n2cnnn2)cc1)Nc1nc(-c2ccc(F)c(F)c2)cs1. The fourth-order valence-corrected chi connectivity index (χ4v) is 3.25. The predicted molar refractivity (Wildman–Crippen MR) is 99.0 cm³/mol. The number of nitrogens with one attached hydrogen (secondary N) is 1. The van der Waals surface area contributed by atoms with Crippen LogP contribution in [0.15, 0.2) is 54.2 Å². The zero-order chi connectivity index (χ0) is 19.5. The Kier molecular flexibility index (Phi) is 4.85. The molecule has 1 N–H and O–H groups in total. The van der Waals surface area contributed by atoms with Crippen LogP contribution in [-0.4, -0.2) is 31.1 Å². The number of thiazole rings is 1. The van der Waals surface area contributed by atoms with Gasteiger partial charge in [-0.2, -0.15) is 0 Å². The number of carbonyl (C=O) groups is 1. The number of aromatic nitrogens is 5. The molecule has 0 saturated carbocycles. The van der Waals surface area contributed by atoms with Crippen molar-refractivity contribution < 1.29 is 13.6 Å². The minimum absolute atomic E-state index is 0.163. The van der Waals surface area contributed by atoms with Crippen LogP contribution in [0.3, 0.4) is 0 Å². The third-order valence-electron chi connectivity index (χ3n) is 3.88. The van der Waals surface area contributed by atoms with Crippen molar-refractivity contribution in [3.63, 3.8) is 0 Å². The second-order valence-electron chi connectivity index (χ2n) is 5.81. The number of benzene rings is 2. The summed E-state index contributed by atoms with van der Waals surface area (Å²) in [6.07, 6.45) is 1.64. The lowest BCUT2D eigenvalue weighted by Crippen LogP contribution is -2.14. The highest BCUT2D eigenvalue weighted by atomic mass is 32.1. The Morgan fingerprint density at radius 1 is 1.11 bits per heavy atom. The van der Waals surface area contributed by atoms with Gasteiger partial charge in [0.2, 0.25) is 5.91 Å². The Bertz CT molecular complexity index is 1110. The van der Waals surface area contributed by atoms with Crippen molar-refractivity contribution >= 4 is 22.4 Å². The molecule has 0 aliphatic carbocycles. The smallest absolute Gasteiger partial charge is 0.230 e. The topological polar surface area (TPSA) is 85.6 Å². The number of tetrazole rings is 1. The van der Waals surface area contributed by atoms with Gasteiger partial charge in [-0.3, -0.25) is 4.79 Å². The monoisotopic (exact) mass is 398 g/mol. The van der Waals surface area contributed by atoms with Crippen LogP contribution in [0.4, 0.5) is 13.9 Å². The first kappa shape index (κ1) is 17.9. The van der Waals surface area contributed by atoms with Gasteiger partial charge in [-0.25, -0.2) is 18.4 Å². The Morgan fingerprint density at radius 2 is 1.93 bits per heavy atom. The van der Waals surface area contributed by atoms with Gasteiger partial charge in [-0.1, -0.05) is 12.1 Å². The zero-order valence-corrected chi connectivity index (χ0v) is 15.0. The molecule has 0 unspecified atom stereocenters. The number of hydrogen-bond donors (Lipinski definition) is 1. The van der Waals surface area contributed by atoms with Crippen molar-refractivity contribution in [3.05, 3.63) is 71.4 Å². The molecule has 0 atom stereocenters. The fraction of sp³-hybridized carbons (Fsp3) is 0.0556. The van der Waals surface area contributed by atoms with E-state index in [-0.39, 0.29) is 12.3 Å². The van der Waals surface area contributed by atoms with Crippen LogP contribution < -0.4 is 5.32 Å². The first-order valence-electron chi connectivity index (χ1n) is 8.11. The average Bonchev–Trinajstić information content (AvgIpc) is 3.37. The van der Waals surface area contributed by atoms with E-state index < -0.39 is 11.6 Å². The van der Waals surface area contributed by atoms with Crippen molar-refractivity contribution in [2.24, 2.45) is 0 Å². The highest BCUT2D eigenvalue weighted by molar-refractivity contribution is 7.14. The van der Waals surface area contributed by atoms with E-state index in [1.54, 1.807) is 5.38 Å². The summed E-state index contributed by atoms with van der Waals surface area (Å²) in [6, 6.07) is 10.8. The number of carbonyl (C=O) groups excluding carboxylic acids is 1. The normalized spacial score (nSPS) is 10.8. The van der Waals surface area contributed by atoms with Crippen molar-refractivity contribution in [3.8, 4) is 16.9 Å². The van der Waals surface area contributed by atoms with Gasteiger partial charge in [-0.05, 0) is 46.3 Å². The van der Waals surface area contributed by atoms with E-state index in [0.717, 1.165) is 23.4 Å². The molecule has 0 aliphatic rings. The van der Waals surface area contributed by atoms with E-state index in [9.17, 15) is 13.6 Å². The summed E-state index contributed by atoms with van der Waals surface area (Å²) >= 11 is 1.21. The number of rotatable bonds is 5. The maximum absolute atomic E-state index is 13.4. The van der Waals surface area contributed by atoms with Crippen molar-refractivity contribution in [2.75, 3.05) is 5.32 Å². The third kappa shape index (κ3) is 3.91. The molecule has 10 heteroatoms. The molecule has 0 radical (unpaired) electrons. The summed E-state index contributed by atoms with van der Waals surface area (Å²) in [5, 5.41) is 15.7. The van der Waals surface area contributed by atoms with Gasteiger partial charge in [0, 0.05) is 10.9 Å². The van der Waals surface area contributed by atoms with Gasteiger partial charge >= 0.3 is 0 Å². The molecule has 4 rings (SSSR count). The summed E-state index contributed by atoms with van der Waals surface area (Å²) in [5.41, 5.74) is 2.50. The lowest BCUT2D eigenvalue weighted by molar-refractivity contribution is -0.115. The van der Waals surface area contributed by atoms with Gasteiger partial charge < -0.3 is 5.32 Å². The summed E-state index contributed by atoms with van der Waals surface area (Å²) in [6.45, 7) is 0. The Morgan fingerprint density at radius 3 is 2.64 bits per heavy atom. The largest absolute Gasteiger partial charge is 0.302 e. The molecule has 140 valence electrons.